The molecule has 4 heteroatoms. The number of nitrogens with zero attached hydrogens (tertiary/aromatic N) is 1. The second-order valence-electron chi connectivity index (χ2n) is 5.11. The summed E-state index contributed by atoms with van der Waals surface area (Å²) in [5.74, 6) is 1.70. The maximum Gasteiger partial charge on any atom is 0.409 e. The third-order valence-corrected chi connectivity index (χ3v) is 4.12. The van der Waals surface area contributed by atoms with Crippen LogP contribution in [0.4, 0.5) is 4.79 Å². The van der Waals surface area contributed by atoms with Crippen molar-refractivity contribution in [2.45, 2.75) is 32.6 Å². The summed E-state index contributed by atoms with van der Waals surface area (Å²) in [5, 5.41) is 3.41. The summed E-state index contributed by atoms with van der Waals surface area (Å²) in [6, 6.07) is 0. The van der Waals surface area contributed by atoms with Gasteiger partial charge in [-0.25, -0.2) is 4.79 Å². The first-order valence-corrected chi connectivity index (χ1v) is 6.93. The van der Waals surface area contributed by atoms with Gasteiger partial charge in [0.1, 0.15) is 0 Å². The Bertz CT molecular complexity index is 244. The van der Waals surface area contributed by atoms with Crippen LogP contribution in [0.5, 0.6) is 0 Å². The van der Waals surface area contributed by atoms with E-state index in [4.69, 9.17) is 4.74 Å². The molecule has 0 saturated carbocycles. The molecule has 2 aliphatic rings. The molecule has 2 fully saturated rings. The molecular formula is C13H24N2O2. The Kier molecular flexibility index (Phi) is 4.66. The van der Waals surface area contributed by atoms with Crippen LogP contribution in [0.15, 0.2) is 0 Å². The summed E-state index contributed by atoms with van der Waals surface area (Å²) in [6.45, 7) is 6.44. The number of piperidine rings is 2. The number of hydrogen-bond donors (Lipinski definition) is 1. The highest BCUT2D eigenvalue weighted by Gasteiger charge is 2.29. The van der Waals surface area contributed by atoms with E-state index in [0.717, 1.165) is 37.8 Å². The van der Waals surface area contributed by atoms with Crippen molar-refractivity contribution in [3.05, 3.63) is 0 Å². The molecule has 2 rings (SSSR count). The second-order valence-corrected chi connectivity index (χ2v) is 5.11. The molecule has 98 valence electrons. The molecule has 0 aromatic carbocycles. The largest absolute Gasteiger partial charge is 0.450 e. The topological polar surface area (TPSA) is 41.6 Å². The Hall–Kier alpha value is -0.770. The quantitative estimate of drug-likeness (QED) is 0.801. The number of amides is 1. The molecule has 2 aliphatic heterocycles. The van der Waals surface area contributed by atoms with Gasteiger partial charge >= 0.3 is 6.09 Å². The zero-order valence-electron chi connectivity index (χ0n) is 10.8. The van der Waals surface area contributed by atoms with Crippen molar-refractivity contribution < 1.29 is 9.53 Å². The van der Waals surface area contributed by atoms with E-state index in [-0.39, 0.29) is 6.09 Å². The molecule has 0 bridgehead atoms. The fraction of sp³-hybridized carbons (Fsp3) is 0.923. The van der Waals surface area contributed by atoms with Crippen LogP contribution in [0.2, 0.25) is 0 Å². The summed E-state index contributed by atoms with van der Waals surface area (Å²) >= 11 is 0. The van der Waals surface area contributed by atoms with Crippen molar-refractivity contribution in [1.29, 1.82) is 0 Å². The maximum atomic E-state index is 11.6. The molecule has 0 atom stereocenters. The van der Waals surface area contributed by atoms with Crippen LogP contribution in [0.1, 0.15) is 32.6 Å². The Morgan fingerprint density at radius 1 is 1.18 bits per heavy atom. The molecule has 1 amide bonds. The van der Waals surface area contributed by atoms with Gasteiger partial charge in [0.2, 0.25) is 0 Å². The number of carbonyl (C=O) groups excluding carboxylic acids is 1. The molecule has 17 heavy (non-hydrogen) atoms. The lowest BCUT2D eigenvalue weighted by molar-refractivity contribution is 0.0804. The lowest BCUT2D eigenvalue weighted by atomic mass is 9.79. The van der Waals surface area contributed by atoms with Gasteiger partial charge in [0.05, 0.1) is 6.61 Å². The van der Waals surface area contributed by atoms with Gasteiger partial charge in [-0.15, -0.1) is 0 Å². The van der Waals surface area contributed by atoms with Gasteiger partial charge in [-0.05, 0) is 57.5 Å². The highest BCUT2D eigenvalue weighted by Crippen LogP contribution is 2.30. The van der Waals surface area contributed by atoms with Crippen molar-refractivity contribution in [2.75, 3.05) is 32.8 Å². The lowest BCUT2D eigenvalue weighted by Gasteiger charge is -2.37. The molecule has 0 aromatic heterocycles. The van der Waals surface area contributed by atoms with Crippen molar-refractivity contribution in [3.8, 4) is 0 Å². The van der Waals surface area contributed by atoms with Crippen LogP contribution < -0.4 is 5.32 Å². The minimum Gasteiger partial charge on any atom is -0.450 e. The van der Waals surface area contributed by atoms with Crippen molar-refractivity contribution in [2.24, 2.45) is 11.8 Å². The number of nitrogens with one attached hydrogen (secondary N) is 1. The van der Waals surface area contributed by atoms with Crippen LogP contribution in [0.3, 0.4) is 0 Å². The van der Waals surface area contributed by atoms with Gasteiger partial charge in [-0.3, -0.25) is 0 Å². The summed E-state index contributed by atoms with van der Waals surface area (Å²) in [5.41, 5.74) is 0. The summed E-state index contributed by atoms with van der Waals surface area (Å²) in [7, 11) is 0. The van der Waals surface area contributed by atoms with Crippen LogP contribution in [0, 0.1) is 11.8 Å². The smallest absolute Gasteiger partial charge is 0.409 e. The monoisotopic (exact) mass is 240 g/mol. The van der Waals surface area contributed by atoms with E-state index in [2.05, 4.69) is 5.32 Å². The Morgan fingerprint density at radius 2 is 1.76 bits per heavy atom. The van der Waals surface area contributed by atoms with Gasteiger partial charge < -0.3 is 15.0 Å². The van der Waals surface area contributed by atoms with Gasteiger partial charge in [0.15, 0.2) is 0 Å². The fourth-order valence-electron chi connectivity index (χ4n) is 3.08. The highest BCUT2D eigenvalue weighted by molar-refractivity contribution is 5.67. The van der Waals surface area contributed by atoms with E-state index >= 15 is 0 Å². The third-order valence-electron chi connectivity index (χ3n) is 4.12. The van der Waals surface area contributed by atoms with Gasteiger partial charge in [-0.2, -0.15) is 0 Å². The fourth-order valence-corrected chi connectivity index (χ4v) is 3.08. The first-order chi connectivity index (χ1) is 8.31. The molecular weight excluding hydrogens is 216 g/mol. The number of rotatable bonds is 2. The average Bonchev–Trinajstić information content (AvgIpc) is 2.40. The van der Waals surface area contributed by atoms with Crippen LogP contribution >= 0.6 is 0 Å². The predicted molar refractivity (Wildman–Crippen MR) is 66.9 cm³/mol. The zero-order valence-corrected chi connectivity index (χ0v) is 10.8. The Morgan fingerprint density at radius 3 is 2.35 bits per heavy atom. The maximum absolute atomic E-state index is 11.6. The van der Waals surface area contributed by atoms with Gasteiger partial charge in [-0.1, -0.05) is 0 Å². The molecule has 1 N–H and O–H groups in total. The van der Waals surface area contributed by atoms with E-state index in [1.807, 2.05) is 11.8 Å². The van der Waals surface area contributed by atoms with Crippen molar-refractivity contribution in [3.63, 3.8) is 0 Å². The van der Waals surface area contributed by atoms with E-state index in [9.17, 15) is 4.79 Å². The third kappa shape index (κ3) is 3.35. The van der Waals surface area contributed by atoms with Gasteiger partial charge in [0.25, 0.3) is 0 Å². The molecule has 0 radical (unpaired) electrons. The zero-order chi connectivity index (χ0) is 12.1. The van der Waals surface area contributed by atoms with E-state index < -0.39 is 0 Å². The summed E-state index contributed by atoms with van der Waals surface area (Å²) in [6.07, 6.45) is 4.80. The average molecular weight is 240 g/mol. The normalized spacial score (nSPS) is 23.7. The van der Waals surface area contributed by atoms with Crippen LogP contribution in [0.25, 0.3) is 0 Å². The number of carbonyl (C=O) groups is 1. The Balaban J connectivity index is 1.75. The predicted octanol–water partition coefficient (Wildman–Crippen LogP) is 1.85. The van der Waals surface area contributed by atoms with Crippen molar-refractivity contribution >= 4 is 6.09 Å². The van der Waals surface area contributed by atoms with Crippen LogP contribution in [-0.2, 0) is 4.74 Å². The van der Waals surface area contributed by atoms with Crippen LogP contribution in [-0.4, -0.2) is 43.8 Å². The first kappa shape index (κ1) is 12.7. The molecule has 2 heterocycles. The molecule has 4 nitrogen and oxygen atoms in total. The minimum atomic E-state index is -0.128. The van der Waals surface area contributed by atoms with Gasteiger partial charge in [0, 0.05) is 13.1 Å². The van der Waals surface area contributed by atoms with E-state index in [1.165, 1.54) is 25.9 Å². The van der Waals surface area contributed by atoms with E-state index in [1.54, 1.807) is 0 Å². The molecule has 2 saturated heterocycles. The lowest BCUT2D eigenvalue weighted by Crippen LogP contribution is -2.42. The van der Waals surface area contributed by atoms with E-state index in [0.29, 0.717) is 6.61 Å². The number of ether oxygens (including phenoxy) is 1. The number of likely N-dealkylation sites (tertiary alicyclic amines) is 1. The molecule has 0 aliphatic carbocycles. The number of hydrogen-bond acceptors (Lipinski definition) is 3. The highest BCUT2D eigenvalue weighted by atomic mass is 16.6. The summed E-state index contributed by atoms with van der Waals surface area (Å²) in [4.78, 5) is 13.4. The molecule has 0 spiro atoms. The second kappa shape index (κ2) is 6.24. The standard InChI is InChI=1S/C13H24N2O2/c1-2-17-13(16)15-9-5-12(6-10-15)11-3-7-14-8-4-11/h11-12,14H,2-10H2,1H3. The minimum absolute atomic E-state index is 0.128. The summed E-state index contributed by atoms with van der Waals surface area (Å²) < 4.78 is 5.04. The van der Waals surface area contributed by atoms with Crippen molar-refractivity contribution in [1.82, 2.24) is 10.2 Å². The molecule has 0 aromatic rings. The molecule has 0 unspecified atom stereocenters. The Labute approximate surface area is 104 Å². The first-order valence-electron chi connectivity index (χ1n) is 6.93. The SMILES string of the molecule is CCOC(=O)N1CCC(C2CCNCC2)CC1.